The van der Waals surface area contributed by atoms with Crippen molar-refractivity contribution in [1.29, 1.82) is 0 Å². The smallest absolute Gasteiger partial charge is 0.319 e. The number of nitrogens with zero attached hydrogens (tertiary/aromatic N) is 1. The highest BCUT2D eigenvalue weighted by Gasteiger charge is 2.41. The maximum absolute atomic E-state index is 12.1. The van der Waals surface area contributed by atoms with Crippen molar-refractivity contribution in [2.45, 2.75) is 12.0 Å². The van der Waals surface area contributed by atoms with Gasteiger partial charge in [-0.15, -0.1) is 0 Å². The molecule has 0 radical (unpaired) electrons. The van der Waals surface area contributed by atoms with E-state index in [2.05, 4.69) is 15.5 Å². The molecule has 2 aliphatic heterocycles. The molecule has 0 bridgehead atoms. The number of para-hydroxylation sites is 1. The summed E-state index contributed by atoms with van der Waals surface area (Å²) in [6.45, 7) is 5.29. The molecular formula is C16H23N3O3. The highest BCUT2D eigenvalue weighted by molar-refractivity contribution is 5.89. The number of carbonyl (C=O) groups is 1. The fourth-order valence-corrected chi connectivity index (χ4v) is 3.08. The Morgan fingerprint density at radius 2 is 1.91 bits per heavy atom. The standard InChI is InChI=1S/C16H23N3O3/c20-15(18-14-4-2-1-3-5-14)17-12-16(6-9-22-13-16)19-7-10-21-11-8-19/h1-5H,6-13H2,(H2,17,18,20). The zero-order chi connectivity index (χ0) is 15.3. The normalized spacial score (nSPS) is 25.8. The van der Waals surface area contributed by atoms with Crippen LogP contribution < -0.4 is 10.6 Å². The molecule has 2 N–H and O–H groups in total. The van der Waals surface area contributed by atoms with Crippen LogP contribution in [0.2, 0.25) is 0 Å². The van der Waals surface area contributed by atoms with Gasteiger partial charge in [0.2, 0.25) is 0 Å². The first kappa shape index (κ1) is 15.3. The van der Waals surface area contributed by atoms with Gasteiger partial charge in [0.1, 0.15) is 0 Å². The number of hydrogen-bond donors (Lipinski definition) is 2. The van der Waals surface area contributed by atoms with Crippen LogP contribution in [0.4, 0.5) is 10.5 Å². The first-order valence-corrected chi connectivity index (χ1v) is 7.79. The molecule has 2 heterocycles. The van der Waals surface area contributed by atoms with Crippen LogP contribution in [0, 0.1) is 0 Å². The van der Waals surface area contributed by atoms with Gasteiger partial charge in [-0.1, -0.05) is 18.2 Å². The number of rotatable bonds is 4. The lowest BCUT2D eigenvalue weighted by molar-refractivity contribution is -0.0245. The number of nitrogens with one attached hydrogen (secondary N) is 2. The number of amides is 2. The third-order valence-electron chi connectivity index (χ3n) is 4.37. The van der Waals surface area contributed by atoms with Crippen molar-refractivity contribution < 1.29 is 14.3 Å². The van der Waals surface area contributed by atoms with E-state index in [4.69, 9.17) is 9.47 Å². The summed E-state index contributed by atoms with van der Waals surface area (Å²) in [5, 5.41) is 5.85. The summed E-state index contributed by atoms with van der Waals surface area (Å²) in [5.74, 6) is 0. The molecule has 0 saturated carbocycles. The van der Waals surface area contributed by atoms with E-state index in [1.165, 1.54) is 0 Å². The minimum atomic E-state index is -0.175. The third kappa shape index (κ3) is 3.58. The van der Waals surface area contributed by atoms with Gasteiger partial charge >= 0.3 is 6.03 Å². The summed E-state index contributed by atoms with van der Waals surface area (Å²) in [4.78, 5) is 14.5. The van der Waals surface area contributed by atoms with E-state index in [0.29, 0.717) is 13.2 Å². The van der Waals surface area contributed by atoms with Gasteiger partial charge in [0, 0.05) is 31.9 Å². The molecule has 0 aliphatic carbocycles. The van der Waals surface area contributed by atoms with Crippen LogP contribution in [0.15, 0.2) is 30.3 Å². The van der Waals surface area contributed by atoms with Crippen molar-refractivity contribution in [3.8, 4) is 0 Å². The van der Waals surface area contributed by atoms with E-state index in [9.17, 15) is 4.79 Å². The lowest BCUT2D eigenvalue weighted by Crippen LogP contribution is -2.59. The number of urea groups is 1. The summed E-state index contributed by atoms with van der Waals surface area (Å²) >= 11 is 0. The van der Waals surface area contributed by atoms with E-state index in [-0.39, 0.29) is 11.6 Å². The van der Waals surface area contributed by atoms with Crippen molar-refractivity contribution in [3.63, 3.8) is 0 Å². The zero-order valence-corrected chi connectivity index (χ0v) is 12.7. The second kappa shape index (κ2) is 7.09. The van der Waals surface area contributed by atoms with Crippen molar-refractivity contribution in [2.24, 2.45) is 0 Å². The Morgan fingerprint density at radius 3 is 2.59 bits per heavy atom. The average Bonchev–Trinajstić information content (AvgIpc) is 3.05. The Kier molecular flexibility index (Phi) is 4.92. The molecule has 0 spiro atoms. The van der Waals surface area contributed by atoms with Crippen LogP contribution >= 0.6 is 0 Å². The van der Waals surface area contributed by atoms with Crippen LogP contribution in [0.3, 0.4) is 0 Å². The third-order valence-corrected chi connectivity index (χ3v) is 4.37. The number of morpholine rings is 1. The Labute approximate surface area is 130 Å². The number of benzene rings is 1. The summed E-state index contributed by atoms with van der Waals surface area (Å²) in [6, 6.07) is 9.29. The molecule has 2 saturated heterocycles. The van der Waals surface area contributed by atoms with Crippen LogP contribution in [-0.2, 0) is 9.47 Å². The second-order valence-corrected chi connectivity index (χ2v) is 5.80. The predicted octanol–water partition coefficient (Wildman–Crippen LogP) is 1.30. The fourth-order valence-electron chi connectivity index (χ4n) is 3.08. The lowest BCUT2D eigenvalue weighted by atomic mass is 9.95. The van der Waals surface area contributed by atoms with Crippen molar-refractivity contribution >= 4 is 11.7 Å². The van der Waals surface area contributed by atoms with Gasteiger partial charge in [-0.25, -0.2) is 4.79 Å². The lowest BCUT2D eigenvalue weighted by Gasteiger charge is -2.42. The molecule has 22 heavy (non-hydrogen) atoms. The number of ether oxygens (including phenoxy) is 2. The summed E-state index contributed by atoms with van der Waals surface area (Å²) in [5.41, 5.74) is 0.695. The van der Waals surface area contributed by atoms with E-state index in [0.717, 1.165) is 45.0 Å². The van der Waals surface area contributed by atoms with Gasteiger partial charge in [-0.05, 0) is 18.6 Å². The fraction of sp³-hybridized carbons (Fsp3) is 0.562. The Hall–Kier alpha value is -1.63. The van der Waals surface area contributed by atoms with E-state index in [1.807, 2.05) is 30.3 Å². The largest absolute Gasteiger partial charge is 0.379 e. The van der Waals surface area contributed by atoms with Crippen LogP contribution in [0.1, 0.15) is 6.42 Å². The molecule has 2 aliphatic rings. The second-order valence-electron chi connectivity index (χ2n) is 5.80. The average molecular weight is 305 g/mol. The van der Waals surface area contributed by atoms with Gasteiger partial charge in [0.15, 0.2) is 0 Å². The van der Waals surface area contributed by atoms with Gasteiger partial charge in [0.25, 0.3) is 0 Å². The maximum Gasteiger partial charge on any atom is 0.319 e. The molecule has 120 valence electrons. The molecule has 1 unspecified atom stereocenters. The zero-order valence-electron chi connectivity index (χ0n) is 12.7. The molecular weight excluding hydrogens is 282 g/mol. The summed E-state index contributed by atoms with van der Waals surface area (Å²) < 4.78 is 11.0. The predicted molar refractivity (Wildman–Crippen MR) is 84.0 cm³/mol. The van der Waals surface area contributed by atoms with Crippen LogP contribution in [0.25, 0.3) is 0 Å². The highest BCUT2D eigenvalue weighted by Crippen LogP contribution is 2.26. The molecule has 0 aromatic heterocycles. The Balaban J connectivity index is 1.56. The summed E-state index contributed by atoms with van der Waals surface area (Å²) in [6.07, 6.45) is 0.943. The van der Waals surface area contributed by atoms with Crippen LogP contribution in [0.5, 0.6) is 0 Å². The highest BCUT2D eigenvalue weighted by atomic mass is 16.5. The molecule has 1 atom stereocenters. The summed E-state index contributed by atoms with van der Waals surface area (Å²) in [7, 11) is 0. The van der Waals surface area contributed by atoms with Gasteiger partial charge in [-0.2, -0.15) is 0 Å². The van der Waals surface area contributed by atoms with E-state index >= 15 is 0 Å². The quantitative estimate of drug-likeness (QED) is 0.880. The van der Waals surface area contributed by atoms with Gasteiger partial charge in [-0.3, -0.25) is 4.90 Å². The molecule has 2 amide bonds. The SMILES string of the molecule is O=C(NCC1(N2CCOCC2)CCOC1)Nc1ccccc1. The monoisotopic (exact) mass is 305 g/mol. The number of carbonyl (C=O) groups excluding carboxylic acids is 1. The molecule has 3 rings (SSSR count). The Morgan fingerprint density at radius 1 is 1.14 bits per heavy atom. The van der Waals surface area contributed by atoms with Crippen LogP contribution in [-0.4, -0.2) is 62.5 Å². The first-order chi connectivity index (χ1) is 10.8. The number of anilines is 1. The molecule has 6 nitrogen and oxygen atoms in total. The minimum absolute atomic E-state index is 0.0994. The molecule has 2 fully saturated rings. The Bertz CT molecular complexity index is 483. The molecule has 1 aromatic carbocycles. The molecule has 1 aromatic rings. The molecule has 6 heteroatoms. The maximum atomic E-state index is 12.1. The van der Waals surface area contributed by atoms with Crippen molar-refractivity contribution in [1.82, 2.24) is 10.2 Å². The van der Waals surface area contributed by atoms with Crippen molar-refractivity contribution in [2.75, 3.05) is 51.4 Å². The van der Waals surface area contributed by atoms with E-state index < -0.39 is 0 Å². The van der Waals surface area contributed by atoms with E-state index in [1.54, 1.807) is 0 Å². The van der Waals surface area contributed by atoms with Crippen molar-refractivity contribution in [3.05, 3.63) is 30.3 Å². The van der Waals surface area contributed by atoms with Gasteiger partial charge < -0.3 is 20.1 Å². The minimum Gasteiger partial charge on any atom is -0.379 e. The number of hydrogen-bond acceptors (Lipinski definition) is 4. The van der Waals surface area contributed by atoms with Gasteiger partial charge in [0.05, 0.1) is 25.4 Å². The first-order valence-electron chi connectivity index (χ1n) is 7.79. The topological polar surface area (TPSA) is 62.8 Å².